The quantitative estimate of drug-likeness (QED) is 0.697. The van der Waals surface area contributed by atoms with E-state index in [1.165, 1.54) is 0 Å². The van der Waals surface area contributed by atoms with Gasteiger partial charge in [0.25, 0.3) is 0 Å². The molecule has 1 unspecified atom stereocenters. The van der Waals surface area contributed by atoms with Gasteiger partial charge in [-0.3, -0.25) is 4.79 Å². The number of hydrogen-bond donors (Lipinski definition) is 1. The van der Waals surface area contributed by atoms with Gasteiger partial charge in [0.15, 0.2) is 9.84 Å². The standard InChI is InChI=1S/C18H27N3O4S.ClH/c1-25-10-9-21(14-7-11-26(23,24)13-14)18(22)12-20-8-3-4-15-16(19)5-2-6-17(15)20;/h2,5-6,14H,3-4,7-13,19H2,1H3;1H. The number of methoxy groups -OCH3 is 1. The number of carbonyl (C=O) groups is 1. The zero-order valence-electron chi connectivity index (χ0n) is 15.6. The number of benzene rings is 1. The largest absolute Gasteiger partial charge is 0.398 e. The van der Waals surface area contributed by atoms with E-state index in [2.05, 4.69) is 4.90 Å². The highest BCUT2D eigenvalue weighted by Crippen LogP contribution is 2.31. The third kappa shape index (κ3) is 5.06. The maximum absolute atomic E-state index is 13.0. The maximum atomic E-state index is 13.0. The van der Waals surface area contributed by atoms with Gasteiger partial charge in [-0.05, 0) is 37.0 Å². The number of nitrogens with two attached hydrogens (primary N) is 1. The molecule has 27 heavy (non-hydrogen) atoms. The summed E-state index contributed by atoms with van der Waals surface area (Å²) in [6.45, 7) is 1.83. The molecule has 2 N–H and O–H groups in total. The van der Waals surface area contributed by atoms with E-state index < -0.39 is 9.84 Å². The molecular formula is C18H28ClN3O4S. The van der Waals surface area contributed by atoms with Crippen LogP contribution in [0.15, 0.2) is 18.2 Å². The van der Waals surface area contributed by atoms with Gasteiger partial charge in [0.05, 0.1) is 24.7 Å². The Bertz CT molecular complexity index is 772. The van der Waals surface area contributed by atoms with E-state index in [4.69, 9.17) is 10.5 Å². The van der Waals surface area contributed by atoms with Gasteiger partial charge in [0, 0.05) is 37.6 Å². The molecule has 2 aliphatic heterocycles. The molecular weight excluding hydrogens is 390 g/mol. The molecule has 0 spiro atoms. The van der Waals surface area contributed by atoms with Crippen molar-refractivity contribution in [3.8, 4) is 0 Å². The Kier molecular flexibility index (Phi) is 7.36. The molecule has 1 fully saturated rings. The number of ether oxygens (including phenoxy) is 1. The second-order valence-corrected chi connectivity index (χ2v) is 9.24. The van der Waals surface area contributed by atoms with Gasteiger partial charge in [-0.15, -0.1) is 12.4 Å². The number of carbonyl (C=O) groups excluding carboxylic acids is 1. The fraction of sp³-hybridized carbons (Fsp3) is 0.611. The molecule has 0 bridgehead atoms. The van der Waals surface area contributed by atoms with Gasteiger partial charge in [0.2, 0.25) is 5.91 Å². The van der Waals surface area contributed by atoms with Crippen molar-refractivity contribution >= 4 is 39.5 Å². The van der Waals surface area contributed by atoms with Gasteiger partial charge in [-0.25, -0.2) is 8.42 Å². The van der Waals surface area contributed by atoms with E-state index in [1.807, 2.05) is 18.2 Å². The normalized spacial score (nSPS) is 20.6. The number of hydrogen-bond acceptors (Lipinski definition) is 6. The van der Waals surface area contributed by atoms with Gasteiger partial charge in [-0.2, -0.15) is 0 Å². The predicted octanol–water partition coefficient (Wildman–Crippen LogP) is 1.11. The van der Waals surface area contributed by atoms with E-state index in [1.54, 1.807) is 12.0 Å². The maximum Gasteiger partial charge on any atom is 0.242 e. The summed E-state index contributed by atoms with van der Waals surface area (Å²) in [5, 5.41) is 0. The zero-order chi connectivity index (χ0) is 18.7. The van der Waals surface area contributed by atoms with Crippen LogP contribution in [-0.2, 0) is 25.8 Å². The lowest BCUT2D eigenvalue weighted by Gasteiger charge is -2.35. The third-order valence-corrected chi connectivity index (χ3v) is 6.97. The Balaban J connectivity index is 0.00000261. The summed E-state index contributed by atoms with van der Waals surface area (Å²) in [4.78, 5) is 16.8. The Labute approximate surface area is 167 Å². The first-order chi connectivity index (χ1) is 12.4. The topological polar surface area (TPSA) is 92.9 Å². The molecule has 0 aliphatic carbocycles. The number of sulfone groups is 1. The molecule has 3 rings (SSSR count). The Morgan fingerprint density at radius 3 is 2.85 bits per heavy atom. The first kappa shape index (κ1) is 21.8. The fourth-order valence-corrected chi connectivity index (χ4v) is 5.60. The minimum absolute atomic E-state index is 0. The van der Waals surface area contributed by atoms with Crippen molar-refractivity contribution in [1.82, 2.24) is 4.90 Å². The van der Waals surface area contributed by atoms with Gasteiger partial charge < -0.3 is 20.3 Å². The molecule has 9 heteroatoms. The number of anilines is 2. The molecule has 152 valence electrons. The molecule has 0 radical (unpaired) electrons. The summed E-state index contributed by atoms with van der Waals surface area (Å²) in [6, 6.07) is 5.53. The monoisotopic (exact) mass is 417 g/mol. The minimum Gasteiger partial charge on any atom is -0.398 e. The molecule has 1 saturated heterocycles. The first-order valence-corrected chi connectivity index (χ1v) is 10.8. The molecule has 1 aromatic rings. The molecule has 1 amide bonds. The van der Waals surface area contributed by atoms with Gasteiger partial charge in [-0.1, -0.05) is 6.07 Å². The van der Waals surface area contributed by atoms with Crippen LogP contribution in [0.3, 0.4) is 0 Å². The van der Waals surface area contributed by atoms with Crippen LogP contribution in [0.4, 0.5) is 11.4 Å². The number of nitrogens with zero attached hydrogens (tertiary/aromatic N) is 2. The van der Waals surface area contributed by atoms with Crippen molar-refractivity contribution in [2.75, 3.05) is 55.5 Å². The second kappa shape index (κ2) is 9.12. The van der Waals surface area contributed by atoms with Crippen molar-refractivity contribution in [2.45, 2.75) is 25.3 Å². The summed E-state index contributed by atoms with van der Waals surface area (Å²) >= 11 is 0. The third-order valence-electron chi connectivity index (χ3n) is 5.21. The highest BCUT2D eigenvalue weighted by atomic mass is 35.5. The Hall–Kier alpha value is -1.51. The van der Waals surface area contributed by atoms with E-state index in [9.17, 15) is 13.2 Å². The number of halogens is 1. The van der Waals surface area contributed by atoms with Crippen molar-refractivity contribution in [3.05, 3.63) is 23.8 Å². The summed E-state index contributed by atoms with van der Waals surface area (Å²) in [5.41, 5.74) is 8.95. The predicted molar refractivity (Wildman–Crippen MR) is 109 cm³/mol. The van der Waals surface area contributed by atoms with E-state index >= 15 is 0 Å². The number of nitrogen functional groups attached to an aromatic ring is 1. The van der Waals surface area contributed by atoms with Crippen LogP contribution in [0.5, 0.6) is 0 Å². The lowest BCUT2D eigenvalue weighted by Crippen LogP contribution is -2.48. The molecule has 2 heterocycles. The molecule has 7 nitrogen and oxygen atoms in total. The molecule has 0 saturated carbocycles. The van der Waals surface area contributed by atoms with Crippen LogP contribution < -0.4 is 10.6 Å². The minimum atomic E-state index is -3.05. The van der Waals surface area contributed by atoms with E-state index in [-0.39, 0.29) is 42.4 Å². The summed E-state index contributed by atoms with van der Waals surface area (Å²) in [5.74, 6) is 0.142. The van der Waals surface area contributed by atoms with Crippen LogP contribution in [0.1, 0.15) is 18.4 Å². The van der Waals surface area contributed by atoms with Crippen LogP contribution >= 0.6 is 12.4 Å². The van der Waals surface area contributed by atoms with E-state index in [0.29, 0.717) is 19.6 Å². The Morgan fingerprint density at radius 2 is 2.19 bits per heavy atom. The first-order valence-electron chi connectivity index (χ1n) is 9.02. The van der Waals surface area contributed by atoms with Crippen molar-refractivity contribution < 1.29 is 17.9 Å². The highest BCUT2D eigenvalue weighted by Gasteiger charge is 2.35. The van der Waals surface area contributed by atoms with Crippen molar-refractivity contribution in [1.29, 1.82) is 0 Å². The summed E-state index contributed by atoms with van der Waals surface area (Å²) in [7, 11) is -1.47. The van der Waals surface area contributed by atoms with Crippen molar-refractivity contribution in [3.63, 3.8) is 0 Å². The zero-order valence-corrected chi connectivity index (χ0v) is 17.2. The number of amides is 1. The number of rotatable bonds is 6. The Morgan fingerprint density at radius 1 is 1.41 bits per heavy atom. The highest BCUT2D eigenvalue weighted by molar-refractivity contribution is 7.91. The van der Waals surface area contributed by atoms with Crippen molar-refractivity contribution in [2.24, 2.45) is 0 Å². The average Bonchev–Trinajstić information content (AvgIpc) is 2.96. The smallest absolute Gasteiger partial charge is 0.242 e. The van der Waals surface area contributed by atoms with Gasteiger partial charge >= 0.3 is 0 Å². The molecule has 1 atom stereocenters. The van der Waals surface area contributed by atoms with Gasteiger partial charge in [0.1, 0.15) is 0 Å². The van der Waals surface area contributed by atoms with Crippen LogP contribution in [-0.4, -0.2) is 70.1 Å². The van der Waals surface area contributed by atoms with Crippen LogP contribution in [0, 0.1) is 0 Å². The average molecular weight is 418 g/mol. The fourth-order valence-electron chi connectivity index (χ4n) is 3.87. The SMILES string of the molecule is COCCN(C(=O)CN1CCCc2c(N)cccc21)C1CCS(=O)(=O)C1.Cl. The number of fused-ring (bicyclic) bond motifs is 1. The van der Waals surface area contributed by atoms with Crippen LogP contribution in [0.2, 0.25) is 0 Å². The molecule has 1 aromatic carbocycles. The van der Waals surface area contributed by atoms with E-state index in [0.717, 1.165) is 36.3 Å². The van der Waals surface area contributed by atoms with Crippen LogP contribution in [0.25, 0.3) is 0 Å². The summed E-state index contributed by atoms with van der Waals surface area (Å²) in [6.07, 6.45) is 2.37. The summed E-state index contributed by atoms with van der Waals surface area (Å²) < 4.78 is 28.8. The lowest BCUT2D eigenvalue weighted by molar-refractivity contribution is -0.132. The molecule has 0 aromatic heterocycles. The lowest BCUT2D eigenvalue weighted by atomic mass is 10.00. The second-order valence-electron chi connectivity index (χ2n) is 7.01. The molecule has 2 aliphatic rings.